The van der Waals surface area contributed by atoms with Gasteiger partial charge in [0, 0.05) is 25.9 Å². The predicted molar refractivity (Wildman–Crippen MR) is 75.6 cm³/mol. The van der Waals surface area contributed by atoms with Crippen molar-refractivity contribution in [1.29, 1.82) is 0 Å². The van der Waals surface area contributed by atoms with Gasteiger partial charge >= 0.3 is 6.01 Å². The van der Waals surface area contributed by atoms with Crippen molar-refractivity contribution < 1.29 is 9.47 Å². The molecule has 1 fully saturated rings. The van der Waals surface area contributed by atoms with Gasteiger partial charge in [0.1, 0.15) is 12.4 Å². The molecule has 0 aliphatic heterocycles. The van der Waals surface area contributed by atoms with Gasteiger partial charge in [0.05, 0.1) is 6.10 Å². The van der Waals surface area contributed by atoms with Gasteiger partial charge in [-0.2, -0.15) is 15.0 Å². The molecule has 0 bridgehead atoms. The summed E-state index contributed by atoms with van der Waals surface area (Å²) in [6.07, 6.45) is 9.16. The SMILES string of the molecule is COC1CCCC(Oc2nc(Cl)nc(-n3ccnc3)n2)C1. The summed E-state index contributed by atoms with van der Waals surface area (Å²) >= 11 is 5.94. The molecule has 1 saturated carbocycles. The number of rotatable bonds is 4. The molecule has 0 spiro atoms. The maximum Gasteiger partial charge on any atom is 0.322 e. The maximum absolute atomic E-state index is 5.94. The third kappa shape index (κ3) is 3.48. The first-order valence-electron chi connectivity index (χ1n) is 6.84. The Bertz CT molecular complexity index is 592. The van der Waals surface area contributed by atoms with E-state index in [0.29, 0.717) is 5.95 Å². The molecule has 112 valence electrons. The summed E-state index contributed by atoms with van der Waals surface area (Å²) in [5, 5.41) is 0.0998. The number of methoxy groups -OCH3 is 1. The maximum atomic E-state index is 5.94. The largest absolute Gasteiger partial charge is 0.460 e. The van der Waals surface area contributed by atoms with Crippen molar-refractivity contribution in [3.63, 3.8) is 0 Å². The van der Waals surface area contributed by atoms with Crippen molar-refractivity contribution in [1.82, 2.24) is 24.5 Å². The first-order valence-corrected chi connectivity index (χ1v) is 7.22. The molecule has 1 aliphatic carbocycles. The second-order valence-corrected chi connectivity index (χ2v) is 5.26. The lowest BCUT2D eigenvalue weighted by molar-refractivity contribution is 0.0178. The van der Waals surface area contributed by atoms with E-state index in [2.05, 4.69) is 19.9 Å². The van der Waals surface area contributed by atoms with E-state index in [9.17, 15) is 0 Å². The molecular weight excluding hydrogens is 294 g/mol. The first kappa shape index (κ1) is 14.2. The lowest BCUT2D eigenvalue weighted by Gasteiger charge is -2.27. The van der Waals surface area contributed by atoms with Crippen LogP contribution in [0, 0.1) is 0 Å². The smallest absolute Gasteiger partial charge is 0.322 e. The summed E-state index contributed by atoms with van der Waals surface area (Å²) in [5.74, 6) is 0.390. The van der Waals surface area contributed by atoms with E-state index in [1.165, 1.54) is 0 Å². The zero-order valence-electron chi connectivity index (χ0n) is 11.6. The Morgan fingerprint density at radius 3 is 2.86 bits per heavy atom. The Morgan fingerprint density at radius 1 is 1.24 bits per heavy atom. The van der Waals surface area contributed by atoms with E-state index < -0.39 is 0 Å². The first-order chi connectivity index (χ1) is 10.2. The minimum atomic E-state index is 0.0396. The molecule has 0 N–H and O–H groups in total. The average molecular weight is 310 g/mol. The zero-order chi connectivity index (χ0) is 14.7. The van der Waals surface area contributed by atoms with Gasteiger partial charge in [-0.1, -0.05) is 0 Å². The number of hydrogen-bond donors (Lipinski definition) is 0. The molecule has 1 aliphatic rings. The van der Waals surface area contributed by atoms with Crippen LogP contribution in [0.5, 0.6) is 6.01 Å². The van der Waals surface area contributed by atoms with E-state index in [1.807, 2.05) is 0 Å². The van der Waals surface area contributed by atoms with Crippen LogP contribution in [0.4, 0.5) is 0 Å². The Labute approximate surface area is 127 Å². The molecule has 21 heavy (non-hydrogen) atoms. The Morgan fingerprint density at radius 2 is 2.10 bits per heavy atom. The van der Waals surface area contributed by atoms with Gasteiger partial charge in [-0.25, -0.2) is 4.98 Å². The van der Waals surface area contributed by atoms with Gasteiger partial charge in [0.25, 0.3) is 0 Å². The normalized spacial score (nSPS) is 22.2. The summed E-state index contributed by atoms with van der Waals surface area (Å²) in [4.78, 5) is 16.3. The highest BCUT2D eigenvalue weighted by molar-refractivity contribution is 6.28. The molecule has 3 rings (SSSR count). The molecule has 0 amide bonds. The molecule has 0 saturated heterocycles. The van der Waals surface area contributed by atoms with E-state index in [4.69, 9.17) is 21.1 Å². The Balaban J connectivity index is 1.76. The molecule has 8 heteroatoms. The van der Waals surface area contributed by atoms with Crippen LogP contribution >= 0.6 is 11.6 Å². The van der Waals surface area contributed by atoms with Gasteiger partial charge in [0.15, 0.2) is 0 Å². The van der Waals surface area contributed by atoms with E-state index >= 15 is 0 Å². The minimum absolute atomic E-state index is 0.0396. The summed E-state index contributed by atoms with van der Waals surface area (Å²) in [6, 6.07) is 0.237. The zero-order valence-corrected chi connectivity index (χ0v) is 12.4. The fraction of sp³-hybridized carbons (Fsp3) is 0.538. The molecule has 0 radical (unpaired) electrons. The van der Waals surface area contributed by atoms with Crippen LogP contribution in [0.3, 0.4) is 0 Å². The molecular formula is C13H16ClN5O2. The third-order valence-corrected chi connectivity index (χ3v) is 3.66. The number of hydrogen-bond acceptors (Lipinski definition) is 6. The summed E-state index contributed by atoms with van der Waals surface area (Å²) in [6.45, 7) is 0. The molecule has 7 nitrogen and oxygen atoms in total. The monoisotopic (exact) mass is 309 g/mol. The number of ether oxygens (including phenoxy) is 2. The third-order valence-electron chi connectivity index (χ3n) is 3.49. The fourth-order valence-electron chi connectivity index (χ4n) is 2.44. The number of aromatic nitrogens is 5. The topological polar surface area (TPSA) is 75.0 Å². The minimum Gasteiger partial charge on any atom is -0.460 e. The van der Waals surface area contributed by atoms with Crippen molar-refractivity contribution in [2.45, 2.75) is 37.9 Å². The van der Waals surface area contributed by atoms with Crippen molar-refractivity contribution >= 4 is 11.6 Å². The van der Waals surface area contributed by atoms with Gasteiger partial charge in [-0.05, 0) is 30.9 Å². The molecule has 2 heterocycles. The van der Waals surface area contributed by atoms with Crippen LogP contribution in [-0.4, -0.2) is 43.8 Å². The van der Waals surface area contributed by atoms with Crippen molar-refractivity contribution in [3.8, 4) is 12.0 Å². The van der Waals surface area contributed by atoms with Crippen molar-refractivity contribution in [2.75, 3.05) is 7.11 Å². The average Bonchev–Trinajstić information content (AvgIpc) is 3.01. The molecule has 2 unspecified atom stereocenters. The molecule has 2 aromatic heterocycles. The van der Waals surface area contributed by atoms with Gasteiger partial charge in [0.2, 0.25) is 11.2 Å². The van der Waals surface area contributed by atoms with Crippen LogP contribution < -0.4 is 4.74 Å². The highest BCUT2D eigenvalue weighted by Gasteiger charge is 2.24. The van der Waals surface area contributed by atoms with Crippen molar-refractivity contribution in [2.24, 2.45) is 0 Å². The predicted octanol–water partition coefficient (Wildman–Crippen LogP) is 2.05. The summed E-state index contributed by atoms with van der Waals surface area (Å²) < 4.78 is 12.9. The van der Waals surface area contributed by atoms with Crippen LogP contribution in [0.25, 0.3) is 5.95 Å². The highest BCUT2D eigenvalue weighted by Crippen LogP contribution is 2.24. The lowest BCUT2D eigenvalue weighted by Crippen LogP contribution is -2.30. The van der Waals surface area contributed by atoms with E-state index in [0.717, 1.165) is 25.7 Å². The molecule has 2 aromatic rings. The second-order valence-electron chi connectivity index (χ2n) is 4.92. The van der Waals surface area contributed by atoms with Crippen LogP contribution in [-0.2, 0) is 4.74 Å². The summed E-state index contributed by atoms with van der Waals surface area (Å²) in [7, 11) is 1.73. The number of halogens is 1. The quantitative estimate of drug-likeness (QED) is 0.860. The fourth-order valence-corrected chi connectivity index (χ4v) is 2.59. The van der Waals surface area contributed by atoms with Crippen LogP contribution in [0.1, 0.15) is 25.7 Å². The molecule has 0 aromatic carbocycles. The Hall–Kier alpha value is -1.73. The van der Waals surface area contributed by atoms with Crippen LogP contribution in [0.15, 0.2) is 18.7 Å². The van der Waals surface area contributed by atoms with Gasteiger partial charge in [-0.3, -0.25) is 4.57 Å². The van der Waals surface area contributed by atoms with Gasteiger partial charge < -0.3 is 9.47 Å². The van der Waals surface area contributed by atoms with Crippen molar-refractivity contribution in [3.05, 3.63) is 24.0 Å². The van der Waals surface area contributed by atoms with Gasteiger partial charge in [-0.15, -0.1) is 0 Å². The summed E-state index contributed by atoms with van der Waals surface area (Å²) in [5.41, 5.74) is 0. The number of imidazole rings is 1. The molecule has 2 atom stereocenters. The Kier molecular flexibility index (Phi) is 4.31. The van der Waals surface area contributed by atoms with E-state index in [1.54, 1.807) is 30.4 Å². The second kappa shape index (κ2) is 6.36. The standard InChI is InChI=1S/C13H16ClN5O2/c1-20-9-3-2-4-10(7-9)21-13-17-11(14)16-12(18-13)19-6-5-15-8-19/h5-6,8-10H,2-4,7H2,1H3. The highest BCUT2D eigenvalue weighted by atomic mass is 35.5. The number of nitrogens with zero attached hydrogens (tertiary/aromatic N) is 5. The van der Waals surface area contributed by atoms with E-state index in [-0.39, 0.29) is 23.5 Å². The lowest BCUT2D eigenvalue weighted by atomic mass is 9.95. The van der Waals surface area contributed by atoms with Crippen LogP contribution in [0.2, 0.25) is 5.28 Å².